The third-order valence-corrected chi connectivity index (χ3v) is 3.91. The van der Waals surface area contributed by atoms with E-state index >= 15 is 0 Å². The Balaban J connectivity index is 2.36. The van der Waals surface area contributed by atoms with Crippen LogP contribution in [0.1, 0.15) is 19.4 Å². The molecule has 0 aromatic heterocycles. The van der Waals surface area contributed by atoms with Crippen LogP contribution in [0.3, 0.4) is 0 Å². The lowest BCUT2D eigenvalue weighted by atomic mass is 10.1. The maximum atomic E-state index is 11.9. The SMILES string of the molecule is CCOC(=O)C1=C(O)CSC1=Nc1ccccc1CC. The zero-order valence-corrected chi connectivity index (χ0v) is 12.4. The summed E-state index contributed by atoms with van der Waals surface area (Å²) in [5.74, 6) is -0.106. The first-order valence-electron chi connectivity index (χ1n) is 6.56. The molecule has 1 heterocycles. The van der Waals surface area contributed by atoms with Gasteiger partial charge in [0.1, 0.15) is 16.4 Å². The second-order valence-electron chi connectivity index (χ2n) is 4.23. The molecule has 2 rings (SSSR count). The molecule has 5 heteroatoms. The Kier molecular flexibility index (Phi) is 4.84. The van der Waals surface area contributed by atoms with Gasteiger partial charge in [0, 0.05) is 0 Å². The summed E-state index contributed by atoms with van der Waals surface area (Å²) in [4.78, 5) is 16.4. The van der Waals surface area contributed by atoms with Gasteiger partial charge < -0.3 is 9.84 Å². The molecule has 1 aliphatic rings. The molecule has 0 saturated carbocycles. The molecule has 4 nitrogen and oxygen atoms in total. The van der Waals surface area contributed by atoms with Crippen LogP contribution in [0.15, 0.2) is 40.6 Å². The zero-order valence-electron chi connectivity index (χ0n) is 11.5. The number of aliphatic hydroxyl groups excluding tert-OH is 1. The van der Waals surface area contributed by atoms with Crippen molar-refractivity contribution in [3.05, 3.63) is 41.2 Å². The number of nitrogens with zero attached hydrogens (tertiary/aromatic N) is 1. The molecule has 1 aromatic rings. The molecule has 20 heavy (non-hydrogen) atoms. The number of hydrogen-bond acceptors (Lipinski definition) is 5. The monoisotopic (exact) mass is 291 g/mol. The minimum absolute atomic E-state index is 0.0428. The molecule has 0 aliphatic carbocycles. The van der Waals surface area contributed by atoms with Crippen molar-refractivity contribution in [2.45, 2.75) is 20.3 Å². The molecule has 0 fully saturated rings. The minimum atomic E-state index is -0.511. The van der Waals surface area contributed by atoms with Crippen LogP contribution in [-0.4, -0.2) is 28.5 Å². The number of aliphatic hydroxyl groups is 1. The third-order valence-electron chi connectivity index (χ3n) is 2.92. The van der Waals surface area contributed by atoms with Gasteiger partial charge in [-0.1, -0.05) is 36.9 Å². The fourth-order valence-corrected chi connectivity index (χ4v) is 2.86. The first kappa shape index (κ1) is 14.7. The summed E-state index contributed by atoms with van der Waals surface area (Å²) in [6.45, 7) is 4.07. The van der Waals surface area contributed by atoms with Gasteiger partial charge >= 0.3 is 5.97 Å². The van der Waals surface area contributed by atoms with Crippen molar-refractivity contribution in [1.29, 1.82) is 0 Å². The van der Waals surface area contributed by atoms with Crippen LogP contribution in [0.5, 0.6) is 0 Å². The molecule has 0 spiro atoms. The van der Waals surface area contributed by atoms with Gasteiger partial charge in [0.05, 0.1) is 18.0 Å². The van der Waals surface area contributed by atoms with E-state index in [1.807, 2.05) is 24.3 Å². The first-order chi connectivity index (χ1) is 9.67. The number of benzene rings is 1. The van der Waals surface area contributed by atoms with E-state index < -0.39 is 5.97 Å². The maximum absolute atomic E-state index is 11.9. The van der Waals surface area contributed by atoms with Crippen LogP contribution in [0.2, 0.25) is 0 Å². The summed E-state index contributed by atoms with van der Waals surface area (Å²) in [7, 11) is 0. The predicted octanol–water partition coefficient (Wildman–Crippen LogP) is 3.40. The minimum Gasteiger partial charge on any atom is -0.510 e. The molecule has 1 aliphatic heterocycles. The first-order valence-corrected chi connectivity index (χ1v) is 7.54. The lowest BCUT2D eigenvalue weighted by Crippen LogP contribution is -2.13. The fraction of sp³-hybridized carbons (Fsp3) is 0.333. The van der Waals surface area contributed by atoms with E-state index in [2.05, 4.69) is 11.9 Å². The molecular weight excluding hydrogens is 274 g/mol. The van der Waals surface area contributed by atoms with Gasteiger partial charge in [-0.05, 0) is 25.0 Å². The highest BCUT2D eigenvalue weighted by Gasteiger charge is 2.29. The predicted molar refractivity (Wildman–Crippen MR) is 81.7 cm³/mol. The lowest BCUT2D eigenvalue weighted by Gasteiger charge is -2.06. The van der Waals surface area contributed by atoms with Crippen molar-refractivity contribution in [3.8, 4) is 0 Å². The molecule has 1 aromatic carbocycles. The van der Waals surface area contributed by atoms with E-state index in [0.717, 1.165) is 17.7 Å². The summed E-state index contributed by atoms with van der Waals surface area (Å²) in [6.07, 6.45) is 0.863. The van der Waals surface area contributed by atoms with Crippen molar-refractivity contribution in [1.82, 2.24) is 0 Å². The number of para-hydroxylation sites is 1. The van der Waals surface area contributed by atoms with E-state index in [1.54, 1.807) is 6.92 Å². The van der Waals surface area contributed by atoms with Crippen LogP contribution in [0.25, 0.3) is 0 Å². The fourth-order valence-electron chi connectivity index (χ4n) is 1.93. The summed E-state index contributed by atoms with van der Waals surface area (Å²) < 4.78 is 4.97. The molecule has 0 saturated heterocycles. The average molecular weight is 291 g/mol. The molecular formula is C15H17NO3S. The van der Waals surface area contributed by atoms with E-state index in [9.17, 15) is 9.90 Å². The molecule has 0 atom stereocenters. The van der Waals surface area contributed by atoms with E-state index in [0.29, 0.717) is 10.8 Å². The highest BCUT2D eigenvalue weighted by atomic mass is 32.2. The number of carbonyl (C=O) groups is 1. The summed E-state index contributed by atoms with van der Waals surface area (Å²) in [5.41, 5.74) is 2.13. The Morgan fingerprint density at radius 1 is 1.40 bits per heavy atom. The zero-order chi connectivity index (χ0) is 14.5. The van der Waals surface area contributed by atoms with Crippen molar-refractivity contribution in [2.24, 2.45) is 4.99 Å². The molecule has 0 amide bonds. The van der Waals surface area contributed by atoms with Gasteiger partial charge in [0.15, 0.2) is 0 Å². The molecule has 0 unspecified atom stereocenters. The Morgan fingerprint density at radius 3 is 2.85 bits per heavy atom. The number of rotatable bonds is 4. The number of hydrogen-bond donors (Lipinski definition) is 1. The summed E-state index contributed by atoms with van der Waals surface area (Å²) in [5, 5.41) is 10.4. The van der Waals surface area contributed by atoms with Crippen molar-refractivity contribution in [2.75, 3.05) is 12.4 Å². The third kappa shape index (κ3) is 3.04. The number of carbonyl (C=O) groups excluding carboxylic acids is 1. The van der Waals surface area contributed by atoms with E-state index in [1.165, 1.54) is 11.8 Å². The van der Waals surface area contributed by atoms with Gasteiger partial charge in [0.25, 0.3) is 0 Å². The Hall–Kier alpha value is -1.75. The number of ether oxygens (including phenoxy) is 1. The summed E-state index contributed by atoms with van der Waals surface area (Å²) >= 11 is 1.35. The highest BCUT2D eigenvalue weighted by molar-refractivity contribution is 8.15. The van der Waals surface area contributed by atoms with Crippen molar-refractivity contribution in [3.63, 3.8) is 0 Å². The molecule has 0 radical (unpaired) electrons. The number of esters is 1. The van der Waals surface area contributed by atoms with Gasteiger partial charge in [-0.3, -0.25) is 0 Å². The quantitative estimate of drug-likeness (QED) is 0.864. The van der Waals surface area contributed by atoms with Gasteiger partial charge in [-0.2, -0.15) is 0 Å². The smallest absolute Gasteiger partial charge is 0.344 e. The van der Waals surface area contributed by atoms with Gasteiger partial charge in [-0.25, -0.2) is 9.79 Å². The number of aliphatic imine (C=N–C) groups is 1. The second-order valence-corrected chi connectivity index (χ2v) is 5.19. The topological polar surface area (TPSA) is 58.9 Å². The Labute approximate surface area is 122 Å². The normalized spacial score (nSPS) is 16.8. The largest absolute Gasteiger partial charge is 0.510 e. The van der Waals surface area contributed by atoms with Gasteiger partial charge in [0.2, 0.25) is 0 Å². The van der Waals surface area contributed by atoms with Crippen LogP contribution in [0, 0.1) is 0 Å². The van der Waals surface area contributed by atoms with Gasteiger partial charge in [-0.15, -0.1) is 0 Å². The van der Waals surface area contributed by atoms with Crippen LogP contribution in [-0.2, 0) is 16.0 Å². The number of aryl methyl sites for hydroxylation is 1. The van der Waals surface area contributed by atoms with E-state index in [4.69, 9.17) is 4.74 Å². The lowest BCUT2D eigenvalue weighted by molar-refractivity contribution is -0.138. The van der Waals surface area contributed by atoms with Crippen LogP contribution < -0.4 is 0 Å². The van der Waals surface area contributed by atoms with Crippen LogP contribution >= 0.6 is 11.8 Å². The van der Waals surface area contributed by atoms with Crippen molar-refractivity contribution >= 4 is 28.5 Å². The Bertz CT molecular complexity index is 578. The Morgan fingerprint density at radius 2 is 2.15 bits per heavy atom. The average Bonchev–Trinajstić information content (AvgIpc) is 2.80. The second kappa shape index (κ2) is 6.61. The van der Waals surface area contributed by atoms with Crippen molar-refractivity contribution < 1.29 is 14.6 Å². The van der Waals surface area contributed by atoms with Crippen LogP contribution in [0.4, 0.5) is 5.69 Å². The number of thioether (sulfide) groups is 1. The summed E-state index contributed by atoms with van der Waals surface area (Å²) in [6, 6.07) is 7.78. The molecule has 1 N–H and O–H groups in total. The van der Waals surface area contributed by atoms with E-state index in [-0.39, 0.29) is 17.9 Å². The highest BCUT2D eigenvalue weighted by Crippen LogP contribution is 2.31. The standard InChI is InChI=1S/C15H17NO3S/c1-3-10-7-5-6-8-11(10)16-14-13(12(17)9-20-14)15(18)19-4-2/h5-8,17H,3-4,9H2,1-2H3. The molecule has 106 valence electrons. The molecule has 0 bridgehead atoms. The maximum Gasteiger partial charge on any atom is 0.344 e.